The van der Waals surface area contributed by atoms with Crippen molar-refractivity contribution in [3.8, 4) is 0 Å². The molecule has 1 aromatic rings. The van der Waals surface area contributed by atoms with Crippen LogP contribution in [0, 0.1) is 5.92 Å². The molecule has 1 aliphatic carbocycles. The van der Waals surface area contributed by atoms with Crippen LogP contribution < -0.4 is 10.6 Å². The molecule has 0 radical (unpaired) electrons. The lowest BCUT2D eigenvalue weighted by Gasteiger charge is -2.15. The normalized spacial score (nSPS) is 17.0. The van der Waals surface area contributed by atoms with E-state index in [0.717, 1.165) is 12.1 Å². The van der Waals surface area contributed by atoms with Crippen molar-refractivity contribution in [1.29, 1.82) is 0 Å². The Hall–Kier alpha value is -1.77. The second kappa shape index (κ2) is 7.87. The Morgan fingerprint density at radius 2 is 2.05 bits per heavy atom. The third-order valence-electron chi connectivity index (χ3n) is 4.33. The Labute approximate surface area is 127 Å². The van der Waals surface area contributed by atoms with E-state index in [1.54, 1.807) is 6.20 Å². The molecule has 1 saturated carbocycles. The number of carbonyl (C=O) groups is 1. The molecule has 2 N–H and O–H groups in total. The molecule has 0 heterocycles. The van der Waals surface area contributed by atoms with E-state index >= 15 is 0 Å². The van der Waals surface area contributed by atoms with Gasteiger partial charge < -0.3 is 10.6 Å². The predicted molar refractivity (Wildman–Crippen MR) is 88.4 cm³/mol. The minimum Gasteiger partial charge on any atom is -0.315 e. The quantitative estimate of drug-likeness (QED) is 0.783. The van der Waals surface area contributed by atoms with Crippen LogP contribution in [0.15, 0.2) is 36.5 Å². The number of hydrogen-bond donors (Lipinski definition) is 2. The predicted octanol–water partition coefficient (Wildman–Crippen LogP) is 5.03. The summed E-state index contributed by atoms with van der Waals surface area (Å²) in [5.74, 6) is 1.08. The highest BCUT2D eigenvalue weighted by molar-refractivity contribution is 5.90. The largest absolute Gasteiger partial charge is 0.323 e. The highest BCUT2D eigenvalue weighted by Gasteiger charge is 2.12. The van der Waals surface area contributed by atoms with E-state index in [4.69, 9.17) is 0 Å². The molecular formula is C18H26N2O. The van der Waals surface area contributed by atoms with Gasteiger partial charge in [0.2, 0.25) is 0 Å². The number of anilines is 1. The van der Waals surface area contributed by atoms with E-state index in [-0.39, 0.29) is 6.03 Å². The Morgan fingerprint density at radius 1 is 1.33 bits per heavy atom. The third-order valence-corrected chi connectivity index (χ3v) is 4.33. The summed E-state index contributed by atoms with van der Waals surface area (Å²) in [7, 11) is 0. The smallest absolute Gasteiger partial charge is 0.315 e. The molecule has 1 atom stereocenters. The lowest BCUT2D eigenvalue weighted by Crippen LogP contribution is -2.24. The van der Waals surface area contributed by atoms with E-state index < -0.39 is 0 Å². The van der Waals surface area contributed by atoms with Crippen LogP contribution in [0.4, 0.5) is 10.5 Å². The summed E-state index contributed by atoms with van der Waals surface area (Å²) in [5, 5.41) is 5.76. The summed E-state index contributed by atoms with van der Waals surface area (Å²) in [5.41, 5.74) is 2.09. The SMILES string of the molecule is CCC(C)c1ccccc1NC(=O)N/C=C/C1CCCC1. The van der Waals surface area contributed by atoms with Crippen molar-refractivity contribution in [3.63, 3.8) is 0 Å². The number of urea groups is 1. The maximum absolute atomic E-state index is 12.0. The molecule has 0 bridgehead atoms. The first-order valence-electron chi connectivity index (χ1n) is 8.03. The summed E-state index contributed by atoms with van der Waals surface area (Å²) in [6, 6.07) is 7.85. The standard InChI is InChI=1S/C18H26N2O/c1-3-14(2)16-10-6-7-11-17(16)20-18(21)19-13-12-15-8-4-5-9-15/h6-7,10-15H,3-5,8-9H2,1-2H3,(H2,19,20,21)/b13-12+. The van der Waals surface area contributed by atoms with Crippen molar-refractivity contribution in [1.82, 2.24) is 5.32 Å². The Bertz CT molecular complexity index is 490. The second-order valence-electron chi connectivity index (χ2n) is 5.90. The molecule has 0 aliphatic heterocycles. The van der Waals surface area contributed by atoms with Crippen molar-refractivity contribution in [2.75, 3.05) is 5.32 Å². The van der Waals surface area contributed by atoms with Crippen molar-refractivity contribution in [2.24, 2.45) is 5.92 Å². The van der Waals surface area contributed by atoms with Crippen LogP contribution >= 0.6 is 0 Å². The molecule has 21 heavy (non-hydrogen) atoms. The molecular weight excluding hydrogens is 260 g/mol. The van der Waals surface area contributed by atoms with Crippen LogP contribution in [0.2, 0.25) is 0 Å². The molecule has 3 nitrogen and oxygen atoms in total. The zero-order valence-electron chi connectivity index (χ0n) is 13.1. The molecule has 1 unspecified atom stereocenters. The molecule has 1 aromatic carbocycles. The van der Waals surface area contributed by atoms with Gasteiger partial charge in [-0.1, -0.05) is 51.0 Å². The van der Waals surface area contributed by atoms with E-state index in [1.807, 2.05) is 18.2 Å². The van der Waals surface area contributed by atoms with Crippen molar-refractivity contribution < 1.29 is 4.79 Å². The van der Waals surface area contributed by atoms with Gasteiger partial charge in [0.05, 0.1) is 0 Å². The second-order valence-corrected chi connectivity index (χ2v) is 5.90. The van der Waals surface area contributed by atoms with Crippen LogP contribution in [0.25, 0.3) is 0 Å². The fraction of sp³-hybridized carbons (Fsp3) is 0.500. The fourth-order valence-electron chi connectivity index (χ4n) is 2.83. The van der Waals surface area contributed by atoms with Crippen molar-refractivity contribution >= 4 is 11.7 Å². The molecule has 114 valence electrons. The molecule has 0 saturated heterocycles. The van der Waals surface area contributed by atoms with E-state index in [9.17, 15) is 4.79 Å². The van der Waals surface area contributed by atoms with Gasteiger partial charge >= 0.3 is 6.03 Å². The minimum absolute atomic E-state index is 0.167. The summed E-state index contributed by atoms with van der Waals surface area (Å²) in [4.78, 5) is 12.0. The third kappa shape index (κ3) is 4.62. The van der Waals surface area contributed by atoms with Crippen LogP contribution in [0.1, 0.15) is 57.4 Å². The molecule has 1 aliphatic rings. The Kier molecular flexibility index (Phi) is 5.85. The first kappa shape index (κ1) is 15.6. The van der Waals surface area contributed by atoms with E-state index in [0.29, 0.717) is 11.8 Å². The van der Waals surface area contributed by atoms with Crippen molar-refractivity contribution in [2.45, 2.75) is 51.9 Å². The zero-order chi connectivity index (χ0) is 15.1. The lowest BCUT2D eigenvalue weighted by molar-refractivity contribution is 0.255. The van der Waals surface area contributed by atoms with Gasteiger partial charge in [-0.05, 0) is 42.7 Å². The van der Waals surface area contributed by atoms with Crippen LogP contribution in [0.3, 0.4) is 0 Å². The number of rotatable bonds is 5. The van der Waals surface area contributed by atoms with Gasteiger partial charge in [-0.15, -0.1) is 0 Å². The molecule has 1 fully saturated rings. The number of para-hydroxylation sites is 1. The van der Waals surface area contributed by atoms with Crippen LogP contribution in [-0.4, -0.2) is 6.03 Å². The number of amides is 2. The maximum Gasteiger partial charge on any atom is 0.323 e. The minimum atomic E-state index is -0.167. The molecule has 0 aromatic heterocycles. The fourth-order valence-corrected chi connectivity index (χ4v) is 2.83. The summed E-state index contributed by atoms with van der Waals surface area (Å²) < 4.78 is 0. The Balaban J connectivity index is 1.90. The topological polar surface area (TPSA) is 41.1 Å². The average molecular weight is 286 g/mol. The van der Waals surface area contributed by atoms with Gasteiger partial charge in [-0.3, -0.25) is 0 Å². The molecule has 0 spiro atoms. The van der Waals surface area contributed by atoms with Gasteiger partial charge in [-0.25, -0.2) is 4.79 Å². The zero-order valence-corrected chi connectivity index (χ0v) is 13.1. The van der Waals surface area contributed by atoms with Gasteiger partial charge in [0.25, 0.3) is 0 Å². The summed E-state index contributed by atoms with van der Waals surface area (Å²) in [6.45, 7) is 4.34. The average Bonchev–Trinajstić information content (AvgIpc) is 3.00. The van der Waals surface area contributed by atoms with Gasteiger partial charge in [-0.2, -0.15) is 0 Å². The number of allylic oxidation sites excluding steroid dienone is 1. The van der Waals surface area contributed by atoms with E-state index in [2.05, 4.69) is 36.6 Å². The summed E-state index contributed by atoms with van der Waals surface area (Å²) in [6.07, 6.45) is 10.1. The van der Waals surface area contributed by atoms with E-state index in [1.165, 1.54) is 31.2 Å². The number of nitrogens with one attached hydrogen (secondary N) is 2. The van der Waals surface area contributed by atoms with Crippen LogP contribution in [0.5, 0.6) is 0 Å². The monoisotopic (exact) mass is 286 g/mol. The van der Waals surface area contributed by atoms with Crippen LogP contribution in [-0.2, 0) is 0 Å². The maximum atomic E-state index is 12.0. The number of hydrogen-bond acceptors (Lipinski definition) is 1. The lowest BCUT2D eigenvalue weighted by atomic mass is 9.97. The molecule has 2 rings (SSSR count). The first-order valence-corrected chi connectivity index (χ1v) is 8.03. The van der Waals surface area contributed by atoms with Crippen molar-refractivity contribution in [3.05, 3.63) is 42.1 Å². The summed E-state index contributed by atoms with van der Waals surface area (Å²) >= 11 is 0. The number of carbonyl (C=O) groups excluding carboxylic acids is 1. The molecule has 2 amide bonds. The van der Waals surface area contributed by atoms with Gasteiger partial charge in [0, 0.05) is 11.9 Å². The number of benzene rings is 1. The Morgan fingerprint density at radius 3 is 2.76 bits per heavy atom. The van der Waals surface area contributed by atoms with Gasteiger partial charge in [0.1, 0.15) is 0 Å². The highest BCUT2D eigenvalue weighted by atomic mass is 16.2. The first-order chi connectivity index (χ1) is 10.2. The van der Waals surface area contributed by atoms with Gasteiger partial charge in [0.15, 0.2) is 0 Å². The highest BCUT2D eigenvalue weighted by Crippen LogP contribution is 2.27. The molecule has 3 heteroatoms.